The van der Waals surface area contributed by atoms with Crippen LogP contribution in [0.1, 0.15) is 201 Å². The largest absolute Gasteiger partial charge is 0.345 e. The number of nitrogens with one attached hydrogen (secondary N) is 1. The van der Waals surface area contributed by atoms with E-state index in [1.807, 2.05) is 6.92 Å². The first-order valence-corrected chi connectivity index (χ1v) is 20.1. The zero-order valence-corrected chi connectivity index (χ0v) is 31.7. The van der Waals surface area contributed by atoms with Crippen LogP contribution >= 0.6 is 0 Å². The van der Waals surface area contributed by atoms with E-state index in [4.69, 9.17) is 0 Å². The third-order valence-electron chi connectivity index (χ3n) is 9.36. The molecule has 0 bridgehead atoms. The van der Waals surface area contributed by atoms with Gasteiger partial charge < -0.3 is 14.7 Å². The molecule has 1 N–H and O–H groups in total. The number of nitrogens with zero attached hydrogens (tertiary/aromatic N) is 2. The topological polar surface area (TPSA) is 49.4 Å². The second-order valence-corrected chi connectivity index (χ2v) is 15.2. The molecule has 0 radical (unpaired) electrons. The van der Waals surface area contributed by atoms with E-state index >= 15 is 0 Å². The Morgan fingerprint density at radius 2 is 0.844 bits per heavy atom. The smallest absolute Gasteiger partial charge is 0.244 e. The van der Waals surface area contributed by atoms with Crippen LogP contribution in [0.3, 0.4) is 0 Å². The number of carbonyl (C=O) groups excluding carboxylic acids is 2. The molecule has 5 nitrogen and oxygen atoms in total. The van der Waals surface area contributed by atoms with E-state index in [0.29, 0.717) is 6.42 Å². The highest BCUT2D eigenvalue weighted by molar-refractivity contribution is 5.87. The van der Waals surface area contributed by atoms with E-state index < -0.39 is 6.04 Å². The van der Waals surface area contributed by atoms with Gasteiger partial charge in [0.15, 0.2) is 0 Å². The average Bonchev–Trinajstić information content (AvgIpc) is 2.99. The molecule has 45 heavy (non-hydrogen) atoms. The van der Waals surface area contributed by atoms with Gasteiger partial charge in [0.05, 0.1) is 27.7 Å². The SMILES string of the molecule is CCCCCCCCCCCCCCN(CCCCCCCCCCCCCC)C(=O)[C@H](C)NC(=O)CCCCC[N+](C)(C)C. The van der Waals surface area contributed by atoms with Gasteiger partial charge in [-0.05, 0) is 39.0 Å². The summed E-state index contributed by atoms with van der Waals surface area (Å²) in [4.78, 5) is 28.1. The molecule has 0 heterocycles. The number of hydrogen-bond acceptors (Lipinski definition) is 2. The Morgan fingerprint density at radius 3 is 1.20 bits per heavy atom. The highest BCUT2D eigenvalue weighted by Crippen LogP contribution is 2.15. The summed E-state index contributed by atoms with van der Waals surface area (Å²) in [7, 11) is 6.63. The maximum atomic E-state index is 13.4. The van der Waals surface area contributed by atoms with Crippen LogP contribution in [-0.2, 0) is 9.59 Å². The minimum Gasteiger partial charge on any atom is -0.345 e. The van der Waals surface area contributed by atoms with Crippen molar-refractivity contribution in [3.63, 3.8) is 0 Å². The van der Waals surface area contributed by atoms with Crippen molar-refractivity contribution in [2.45, 2.75) is 207 Å². The number of carbonyl (C=O) groups is 2. The van der Waals surface area contributed by atoms with Crippen molar-refractivity contribution in [2.75, 3.05) is 40.8 Å². The van der Waals surface area contributed by atoms with Crippen molar-refractivity contribution < 1.29 is 14.1 Å². The molecule has 0 aromatic carbocycles. The molecule has 0 aliphatic heterocycles. The van der Waals surface area contributed by atoms with Crippen molar-refractivity contribution >= 4 is 11.8 Å². The van der Waals surface area contributed by atoms with Crippen LogP contribution in [0.15, 0.2) is 0 Å². The number of rotatable bonds is 34. The lowest BCUT2D eigenvalue weighted by Crippen LogP contribution is -2.47. The number of amides is 2. The van der Waals surface area contributed by atoms with Gasteiger partial charge in [-0.2, -0.15) is 0 Å². The van der Waals surface area contributed by atoms with Crippen LogP contribution in [0.25, 0.3) is 0 Å². The first kappa shape index (κ1) is 43.9. The van der Waals surface area contributed by atoms with E-state index in [1.165, 1.54) is 141 Å². The average molecular weight is 637 g/mol. The Bertz CT molecular complexity index is 632. The molecule has 0 aromatic rings. The summed E-state index contributed by atoms with van der Waals surface area (Å²) in [5.41, 5.74) is 0. The Hall–Kier alpha value is -1.10. The number of hydrogen-bond donors (Lipinski definition) is 1. The molecule has 0 unspecified atom stereocenters. The lowest BCUT2D eigenvalue weighted by atomic mass is 10.0. The quantitative estimate of drug-likeness (QED) is 0.0564. The fourth-order valence-electron chi connectivity index (χ4n) is 6.32. The maximum Gasteiger partial charge on any atom is 0.244 e. The molecule has 2 amide bonds. The lowest BCUT2D eigenvalue weighted by Gasteiger charge is -2.26. The fourth-order valence-corrected chi connectivity index (χ4v) is 6.32. The predicted octanol–water partition coefficient (Wildman–Crippen LogP) is 11.0. The molecule has 1 atom stereocenters. The highest BCUT2D eigenvalue weighted by Gasteiger charge is 2.21. The van der Waals surface area contributed by atoms with E-state index in [2.05, 4.69) is 45.2 Å². The molecule has 0 fully saturated rings. The lowest BCUT2D eigenvalue weighted by molar-refractivity contribution is -0.870. The van der Waals surface area contributed by atoms with Gasteiger partial charge in [0, 0.05) is 19.5 Å². The summed E-state index contributed by atoms with van der Waals surface area (Å²) in [6.45, 7) is 9.24. The van der Waals surface area contributed by atoms with Gasteiger partial charge in [-0.25, -0.2) is 0 Å². The highest BCUT2D eigenvalue weighted by atomic mass is 16.2. The number of unbranched alkanes of at least 4 members (excludes halogenated alkanes) is 24. The van der Waals surface area contributed by atoms with E-state index in [-0.39, 0.29) is 11.8 Å². The van der Waals surface area contributed by atoms with Crippen molar-refractivity contribution in [1.82, 2.24) is 10.2 Å². The third-order valence-corrected chi connectivity index (χ3v) is 9.36. The van der Waals surface area contributed by atoms with Crippen LogP contribution in [-0.4, -0.2) is 68.0 Å². The molecule has 0 rings (SSSR count). The Labute approximate surface area is 283 Å². The molecule has 0 aliphatic carbocycles. The van der Waals surface area contributed by atoms with Crippen LogP contribution in [0.2, 0.25) is 0 Å². The van der Waals surface area contributed by atoms with Gasteiger partial charge in [-0.15, -0.1) is 0 Å². The standard InChI is InChI=1S/C40H81N3O2/c1-7-9-11-13-15-17-19-21-23-25-27-31-35-42(36-32-28-26-24-22-20-18-16-14-12-10-8-2)40(45)38(3)41-39(44)34-30-29-33-37-43(4,5)6/h38H,7-37H2,1-6H3/p+1/t38-/m0/s1. The molecule has 5 heteroatoms. The Balaban J connectivity index is 4.39. The van der Waals surface area contributed by atoms with Crippen LogP contribution in [0.5, 0.6) is 0 Å². The van der Waals surface area contributed by atoms with Crippen LogP contribution in [0.4, 0.5) is 0 Å². The zero-order chi connectivity index (χ0) is 33.4. The fraction of sp³-hybridized carbons (Fsp3) is 0.950. The molecule has 0 saturated carbocycles. The van der Waals surface area contributed by atoms with E-state index in [9.17, 15) is 9.59 Å². The van der Waals surface area contributed by atoms with Gasteiger partial charge in [-0.1, -0.05) is 155 Å². The Kier molecular flexibility index (Phi) is 30.7. The summed E-state index contributed by atoms with van der Waals surface area (Å²) in [6, 6.07) is -0.432. The summed E-state index contributed by atoms with van der Waals surface area (Å²) in [5.74, 6) is 0.135. The van der Waals surface area contributed by atoms with Crippen molar-refractivity contribution in [3.05, 3.63) is 0 Å². The Morgan fingerprint density at radius 1 is 0.511 bits per heavy atom. The molecule has 0 saturated heterocycles. The minimum atomic E-state index is -0.432. The van der Waals surface area contributed by atoms with E-state index in [0.717, 1.165) is 56.2 Å². The first-order chi connectivity index (χ1) is 21.7. The number of quaternary nitrogens is 1. The zero-order valence-electron chi connectivity index (χ0n) is 31.7. The second kappa shape index (κ2) is 31.5. The van der Waals surface area contributed by atoms with Crippen LogP contribution < -0.4 is 5.32 Å². The van der Waals surface area contributed by atoms with Gasteiger partial charge >= 0.3 is 0 Å². The summed E-state index contributed by atoms with van der Waals surface area (Å²) in [5, 5.41) is 3.03. The molecular formula is C40H82N3O2+. The van der Waals surface area contributed by atoms with Gasteiger partial charge in [-0.3, -0.25) is 9.59 Å². The van der Waals surface area contributed by atoms with E-state index in [1.54, 1.807) is 0 Å². The second-order valence-electron chi connectivity index (χ2n) is 15.2. The summed E-state index contributed by atoms with van der Waals surface area (Å²) >= 11 is 0. The van der Waals surface area contributed by atoms with Crippen LogP contribution in [0, 0.1) is 0 Å². The molecule has 0 aliphatic rings. The molecule has 268 valence electrons. The van der Waals surface area contributed by atoms with Crippen molar-refractivity contribution in [2.24, 2.45) is 0 Å². The molecular weight excluding hydrogens is 554 g/mol. The maximum absolute atomic E-state index is 13.4. The third kappa shape index (κ3) is 31.3. The molecule has 0 spiro atoms. The molecule has 0 aromatic heterocycles. The monoisotopic (exact) mass is 637 g/mol. The first-order valence-electron chi connectivity index (χ1n) is 20.1. The van der Waals surface area contributed by atoms with Crippen molar-refractivity contribution in [1.29, 1.82) is 0 Å². The normalized spacial score (nSPS) is 12.4. The summed E-state index contributed by atoms with van der Waals surface area (Å²) in [6.07, 6.45) is 35.5. The van der Waals surface area contributed by atoms with Gasteiger partial charge in [0.1, 0.15) is 6.04 Å². The predicted molar refractivity (Wildman–Crippen MR) is 198 cm³/mol. The van der Waals surface area contributed by atoms with Crippen molar-refractivity contribution in [3.8, 4) is 0 Å². The van der Waals surface area contributed by atoms with Gasteiger partial charge in [0.25, 0.3) is 0 Å². The summed E-state index contributed by atoms with van der Waals surface area (Å²) < 4.78 is 0.964. The minimum absolute atomic E-state index is 0.0248. The van der Waals surface area contributed by atoms with Gasteiger partial charge in [0.2, 0.25) is 11.8 Å².